The highest BCUT2D eigenvalue weighted by Gasteiger charge is 2.29. The lowest BCUT2D eigenvalue weighted by molar-refractivity contribution is 0.616. The number of benzene rings is 1. The van der Waals surface area contributed by atoms with Crippen LogP contribution in [-0.2, 0) is 0 Å². The van der Waals surface area contributed by atoms with E-state index in [1.807, 2.05) is 18.3 Å². The van der Waals surface area contributed by atoms with Gasteiger partial charge >= 0.3 is 0 Å². The summed E-state index contributed by atoms with van der Waals surface area (Å²) in [7, 11) is 0. The zero-order valence-electron chi connectivity index (χ0n) is 12.9. The maximum Gasteiger partial charge on any atom is 0.197 e. The summed E-state index contributed by atoms with van der Waals surface area (Å²) in [5.74, 6) is 0.757. The topological polar surface area (TPSA) is 26.1 Å². The average Bonchev–Trinajstić information content (AvgIpc) is 3.07. The third kappa shape index (κ3) is 3.07. The summed E-state index contributed by atoms with van der Waals surface area (Å²) >= 11 is 5.06. The SMILES string of the molecule is CC(C)C1=C(c2ccc(F)cc2)C(CC2=CNC(=S)[N]2)CC1. The summed E-state index contributed by atoms with van der Waals surface area (Å²) in [6.45, 7) is 4.47. The smallest absolute Gasteiger partial charge is 0.197 e. The van der Waals surface area contributed by atoms with Crippen molar-refractivity contribution < 1.29 is 4.39 Å². The van der Waals surface area contributed by atoms with Crippen LogP contribution in [0.15, 0.2) is 41.7 Å². The molecule has 0 saturated heterocycles. The number of thiocarbonyl (C=S) groups is 1. The molecule has 0 fully saturated rings. The van der Waals surface area contributed by atoms with E-state index in [0.29, 0.717) is 16.9 Å². The average molecular weight is 315 g/mol. The molecule has 115 valence electrons. The Morgan fingerprint density at radius 3 is 2.64 bits per heavy atom. The molecule has 1 N–H and O–H groups in total. The molecule has 1 aliphatic heterocycles. The van der Waals surface area contributed by atoms with Crippen molar-refractivity contribution in [2.45, 2.75) is 33.1 Å². The molecule has 0 spiro atoms. The van der Waals surface area contributed by atoms with Crippen molar-refractivity contribution in [3.63, 3.8) is 0 Å². The van der Waals surface area contributed by atoms with Gasteiger partial charge in [-0.15, -0.1) is 0 Å². The van der Waals surface area contributed by atoms with Crippen LogP contribution in [0.3, 0.4) is 0 Å². The van der Waals surface area contributed by atoms with Crippen LogP contribution in [0.2, 0.25) is 0 Å². The Bertz CT molecular complexity index is 644. The van der Waals surface area contributed by atoms with Gasteiger partial charge in [-0.25, -0.2) is 9.71 Å². The highest BCUT2D eigenvalue weighted by molar-refractivity contribution is 7.80. The number of nitrogens with zero attached hydrogens (tertiary/aromatic N) is 1. The molecule has 0 amide bonds. The van der Waals surface area contributed by atoms with Gasteiger partial charge in [0.25, 0.3) is 0 Å². The Morgan fingerprint density at radius 2 is 2.05 bits per heavy atom. The number of allylic oxidation sites excluding steroid dienone is 3. The molecule has 0 aromatic heterocycles. The second-order valence-corrected chi connectivity index (χ2v) is 6.62. The van der Waals surface area contributed by atoms with E-state index in [1.165, 1.54) is 11.1 Å². The fourth-order valence-electron chi connectivity index (χ4n) is 3.42. The van der Waals surface area contributed by atoms with Crippen LogP contribution in [0, 0.1) is 17.7 Å². The molecule has 1 unspecified atom stereocenters. The molecule has 2 nitrogen and oxygen atoms in total. The minimum atomic E-state index is -0.187. The fourth-order valence-corrected chi connectivity index (χ4v) is 3.60. The molecule has 1 aromatic carbocycles. The van der Waals surface area contributed by atoms with Gasteiger partial charge in [0.15, 0.2) is 5.11 Å². The summed E-state index contributed by atoms with van der Waals surface area (Å²) in [6.07, 6.45) is 5.02. The standard InChI is InChI=1S/C18H20FN2S/c1-11(2)16-8-5-13(9-15-10-20-18(22)21-15)17(16)12-3-6-14(19)7-4-12/h3-4,6-7,10-11,13H,5,8-9H2,1-2H3,(H,20,22). The zero-order chi connectivity index (χ0) is 15.7. The van der Waals surface area contributed by atoms with E-state index in [2.05, 4.69) is 24.5 Å². The highest BCUT2D eigenvalue weighted by atomic mass is 32.1. The van der Waals surface area contributed by atoms with Crippen molar-refractivity contribution in [2.75, 3.05) is 0 Å². The molecule has 1 aromatic rings. The summed E-state index contributed by atoms with van der Waals surface area (Å²) in [5.41, 5.74) is 5.02. The Hall–Kier alpha value is -1.68. The Kier molecular flexibility index (Phi) is 4.30. The minimum Gasteiger partial charge on any atom is -0.336 e. The van der Waals surface area contributed by atoms with E-state index >= 15 is 0 Å². The lowest BCUT2D eigenvalue weighted by Gasteiger charge is -2.18. The summed E-state index contributed by atoms with van der Waals surface area (Å²) in [4.78, 5) is 0. The van der Waals surface area contributed by atoms with Crippen LogP contribution < -0.4 is 10.6 Å². The molecule has 2 aliphatic rings. The highest BCUT2D eigenvalue weighted by Crippen LogP contribution is 2.44. The fraction of sp³-hybridized carbons (Fsp3) is 0.389. The van der Waals surface area contributed by atoms with Crippen molar-refractivity contribution in [1.82, 2.24) is 10.6 Å². The molecule has 1 aliphatic carbocycles. The first-order valence-electron chi connectivity index (χ1n) is 7.74. The van der Waals surface area contributed by atoms with Gasteiger partial charge in [-0.3, -0.25) is 0 Å². The van der Waals surface area contributed by atoms with Gasteiger partial charge in [0.2, 0.25) is 0 Å². The molecular weight excluding hydrogens is 295 g/mol. The maximum atomic E-state index is 13.2. The van der Waals surface area contributed by atoms with Crippen LogP contribution in [0.4, 0.5) is 4.39 Å². The summed E-state index contributed by atoms with van der Waals surface area (Å²) < 4.78 is 13.2. The van der Waals surface area contributed by atoms with Crippen molar-refractivity contribution in [3.05, 3.63) is 53.1 Å². The van der Waals surface area contributed by atoms with Crippen LogP contribution in [0.5, 0.6) is 0 Å². The second kappa shape index (κ2) is 6.21. The third-order valence-corrected chi connectivity index (χ3v) is 4.64. The maximum absolute atomic E-state index is 13.2. The van der Waals surface area contributed by atoms with Gasteiger partial charge in [-0.1, -0.05) is 31.6 Å². The lowest BCUT2D eigenvalue weighted by atomic mass is 9.88. The van der Waals surface area contributed by atoms with Crippen LogP contribution in [-0.4, -0.2) is 5.11 Å². The van der Waals surface area contributed by atoms with Crippen LogP contribution in [0.25, 0.3) is 5.57 Å². The van der Waals surface area contributed by atoms with Gasteiger partial charge in [-0.05, 0) is 66.6 Å². The molecule has 4 heteroatoms. The number of rotatable bonds is 4. The van der Waals surface area contributed by atoms with E-state index in [4.69, 9.17) is 12.2 Å². The van der Waals surface area contributed by atoms with E-state index in [-0.39, 0.29) is 5.82 Å². The second-order valence-electron chi connectivity index (χ2n) is 6.24. The van der Waals surface area contributed by atoms with Crippen molar-refractivity contribution >= 4 is 22.9 Å². The molecule has 3 rings (SSSR count). The van der Waals surface area contributed by atoms with Crippen LogP contribution in [0.1, 0.15) is 38.7 Å². The van der Waals surface area contributed by atoms with Crippen molar-refractivity contribution in [1.29, 1.82) is 0 Å². The first-order chi connectivity index (χ1) is 10.5. The predicted molar refractivity (Wildman–Crippen MR) is 91.4 cm³/mol. The summed E-state index contributed by atoms with van der Waals surface area (Å²) in [5, 5.41) is 7.89. The van der Waals surface area contributed by atoms with Crippen molar-refractivity contribution in [3.8, 4) is 0 Å². The Morgan fingerprint density at radius 1 is 1.32 bits per heavy atom. The van der Waals surface area contributed by atoms with Gasteiger partial charge in [0.1, 0.15) is 5.82 Å². The molecule has 1 atom stereocenters. The molecule has 0 bridgehead atoms. The first-order valence-corrected chi connectivity index (χ1v) is 8.15. The Labute approximate surface area is 136 Å². The van der Waals surface area contributed by atoms with E-state index in [0.717, 1.165) is 30.5 Å². The number of hydrogen-bond acceptors (Lipinski definition) is 1. The summed E-state index contributed by atoms with van der Waals surface area (Å²) in [6, 6.07) is 6.89. The van der Waals surface area contributed by atoms with Crippen LogP contribution >= 0.6 is 12.2 Å². The van der Waals surface area contributed by atoms with Gasteiger partial charge < -0.3 is 5.32 Å². The van der Waals surface area contributed by atoms with Gasteiger partial charge in [0, 0.05) is 6.20 Å². The molecule has 1 radical (unpaired) electrons. The molecule has 0 saturated carbocycles. The van der Waals surface area contributed by atoms with Crippen molar-refractivity contribution in [2.24, 2.45) is 11.8 Å². The molecule has 22 heavy (non-hydrogen) atoms. The third-order valence-electron chi connectivity index (χ3n) is 4.43. The predicted octanol–water partition coefficient (Wildman–Crippen LogP) is 4.37. The lowest BCUT2D eigenvalue weighted by Crippen LogP contribution is -2.16. The van der Waals surface area contributed by atoms with Gasteiger partial charge in [-0.2, -0.15) is 0 Å². The normalized spacial score (nSPS) is 21.2. The number of hydrogen-bond donors (Lipinski definition) is 1. The largest absolute Gasteiger partial charge is 0.336 e. The van der Waals surface area contributed by atoms with E-state index < -0.39 is 0 Å². The van der Waals surface area contributed by atoms with Gasteiger partial charge in [0.05, 0.1) is 5.70 Å². The van der Waals surface area contributed by atoms with E-state index in [1.54, 1.807) is 12.1 Å². The quantitative estimate of drug-likeness (QED) is 0.835. The molecular formula is C18H20FN2S. The Balaban J connectivity index is 1.90. The first kappa shape index (κ1) is 15.2. The zero-order valence-corrected chi connectivity index (χ0v) is 13.7. The molecule has 1 heterocycles. The number of nitrogens with one attached hydrogen (secondary N) is 1. The number of halogens is 1. The minimum absolute atomic E-state index is 0.187. The monoisotopic (exact) mass is 315 g/mol. The van der Waals surface area contributed by atoms with E-state index in [9.17, 15) is 4.39 Å².